The monoisotopic (exact) mass is 292 g/mol. The van der Waals surface area contributed by atoms with Gasteiger partial charge in [0.05, 0.1) is 6.42 Å². The van der Waals surface area contributed by atoms with Crippen molar-refractivity contribution < 1.29 is 13.2 Å². The van der Waals surface area contributed by atoms with E-state index in [1.807, 2.05) is 36.4 Å². The lowest BCUT2D eigenvalue weighted by molar-refractivity contribution is -0.140. The molecule has 21 heavy (non-hydrogen) atoms. The van der Waals surface area contributed by atoms with E-state index in [-0.39, 0.29) is 0 Å². The van der Waals surface area contributed by atoms with Gasteiger partial charge in [0.2, 0.25) is 0 Å². The third-order valence-corrected chi connectivity index (χ3v) is 3.72. The van der Waals surface area contributed by atoms with E-state index in [2.05, 4.69) is 10.3 Å². The first-order valence-electron chi connectivity index (χ1n) is 6.72. The second-order valence-electron chi connectivity index (χ2n) is 5.14. The normalized spacial score (nSPS) is 13.9. The van der Waals surface area contributed by atoms with E-state index < -0.39 is 18.6 Å². The largest absolute Gasteiger partial charge is 0.390 e. The maximum atomic E-state index is 12.6. The second kappa shape index (κ2) is 5.07. The van der Waals surface area contributed by atoms with Gasteiger partial charge in [-0.05, 0) is 30.8 Å². The highest BCUT2D eigenvalue weighted by molar-refractivity contribution is 6.07. The standard InChI is InChI=1S/C16H15F3N2/c1-20-15(9-16(17,18)19)10-6-7-14-12(8-10)11-4-2-3-5-13(11)21-14/h2-8,15,20-21H,9H2,1H3. The maximum absolute atomic E-state index is 12.6. The summed E-state index contributed by atoms with van der Waals surface area (Å²) >= 11 is 0. The molecule has 0 aliphatic rings. The van der Waals surface area contributed by atoms with Crippen LogP contribution in [0, 0.1) is 0 Å². The maximum Gasteiger partial charge on any atom is 0.390 e. The molecule has 0 aliphatic heterocycles. The second-order valence-corrected chi connectivity index (χ2v) is 5.14. The smallest absolute Gasteiger partial charge is 0.355 e. The van der Waals surface area contributed by atoms with Gasteiger partial charge in [0.1, 0.15) is 0 Å². The molecule has 5 heteroatoms. The van der Waals surface area contributed by atoms with Crippen molar-refractivity contribution in [2.75, 3.05) is 7.05 Å². The molecule has 3 rings (SSSR count). The first-order chi connectivity index (χ1) is 9.98. The molecule has 1 aromatic heterocycles. The quantitative estimate of drug-likeness (QED) is 0.729. The summed E-state index contributed by atoms with van der Waals surface area (Å²) in [6, 6.07) is 12.5. The van der Waals surface area contributed by atoms with Crippen molar-refractivity contribution in [3.8, 4) is 0 Å². The van der Waals surface area contributed by atoms with Crippen LogP contribution in [-0.4, -0.2) is 18.2 Å². The van der Waals surface area contributed by atoms with Crippen LogP contribution in [0.2, 0.25) is 0 Å². The van der Waals surface area contributed by atoms with Gasteiger partial charge in [-0.1, -0.05) is 24.3 Å². The summed E-state index contributed by atoms with van der Waals surface area (Å²) in [5, 5.41) is 4.72. The minimum atomic E-state index is -4.19. The van der Waals surface area contributed by atoms with Gasteiger partial charge in [-0.15, -0.1) is 0 Å². The first kappa shape index (κ1) is 13.9. The Hall–Kier alpha value is -2.01. The van der Waals surface area contributed by atoms with Gasteiger partial charge in [-0.25, -0.2) is 0 Å². The van der Waals surface area contributed by atoms with Crippen LogP contribution in [0.15, 0.2) is 42.5 Å². The Kier molecular flexibility index (Phi) is 3.37. The number of H-pyrrole nitrogens is 1. The lowest BCUT2D eigenvalue weighted by Gasteiger charge is -2.18. The van der Waals surface area contributed by atoms with Crippen LogP contribution in [0.3, 0.4) is 0 Å². The Labute approximate surface area is 120 Å². The zero-order chi connectivity index (χ0) is 15.0. The Bertz CT molecular complexity index is 774. The number of aromatic amines is 1. The van der Waals surface area contributed by atoms with Crippen LogP contribution in [0.25, 0.3) is 21.8 Å². The van der Waals surface area contributed by atoms with Crippen molar-refractivity contribution in [3.63, 3.8) is 0 Å². The number of para-hydroxylation sites is 1. The van der Waals surface area contributed by atoms with Crippen molar-refractivity contribution in [3.05, 3.63) is 48.0 Å². The summed E-state index contributed by atoms with van der Waals surface area (Å²) in [5.41, 5.74) is 2.57. The van der Waals surface area contributed by atoms with E-state index in [1.54, 1.807) is 13.1 Å². The van der Waals surface area contributed by atoms with Gasteiger partial charge < -0.3 is 10.3 Å². The molecule has 0 radical (unpaired) electrons. The fourth-order valence-electron chi connectivity index (χ4n) is 2.70. The predicted octanol–water partition coefficient (Wildman–Crippen LogP) is 4.53. The molecule has 2 nitrogen and oxygen atoms in total. The van der Waals surface area contributed by atoms with Gasteiger partial charge in [-0.2, -0.15) is 13.2 Å². The molecule has 0 saturated heterocycles. The number of fused-ring (bicyclic) bond motifs is 3. The van der Waals surface area contributed by atoms with E-state index >= 15 is 0 Å². The number of benzene rings is 2. The van der Waals surface area contributed by atoms with E-state index in [1.165, 1.54) is 0 Å². The van der Waals surface area contributed by atoms with Gasteiger partial charge >= 0.3 is 6.18 Å². The number of halogens is 3. The molecular weight excluding hydrogens is 277 g/mol. The highest BCUT2D eigenvalue weighted by Crippen LogP contribution is 2.32. The SMILES string of the molecule is CNC(CC(F)(F)F)c1ccc2[nH]c3ccccc3c2c1. The zero-order valence-corrected chi connectivity index (χ0v) is 11.5. The van der Waals surface area contributed by atoms with Crippen molar-refractivity contribution in [2.45, 2.75) is 18.6 Å². The molecular formula is C16H15F3N2. The Morgan fingerprint density at radius 1 is 1.05 bits per heavy atom. The lowest BCUT2D eigenvalue weighted by Crippen LogP contribution is -2.23. The van der Waals surface area contributed by atoms with Crippen LogP contribution in [-0.2, 0) is 0 Å². The van der Waals surface area contributed by atoms with Gasteiger partial charge in [0.25, 0.3) is 0 Å². The molecule has 0 spiro atoms. The summed E-state index contributed by atoms with van der Waals surface area (Å²) in [4.78, 5) is 3.27. The minimum absolute atomic E-state index is 0.645. The van der Waals surface area contributed by atoms with Gasteiger partial charge in [-0.3, -0.25) is 0 Å². The predicted molar refractivity (Wildman–Crippen MR) is 78.3 cm³/mol. The molecule has 0 aliphatic carbocycles. The number of rotatable bonds is 3. The summed E-state index contributed by atoms with van der Waals surface area (Å²) in [6.07, 6.45) is -5.07. The van der Waals surface area contributed by atoms with Crippen molar-refractivity contribution in [1.29, 1.82) is 0 Å². The summed E-state index contributed by atoms with van der Waals surface area (Å²) in [6.45, 7) is 0. The number of alkyl halides is 3. The van der Waals surface area contributed by atoms with Crippen LogP contribution >= 0.6 is 0 Å². The van der Waals surface area contributed by atoms with E-state index in [0.29, 0.717) is 5.56 Å². The highest BCUT2D eigenvalue weighted by atomic mass is 19.4. The Balaban J connectivity index is 2.09. The molecule has 0 amide bonds. The number of hydrogen-bond donors (Lipinski definition) is 2. The fraction of sp³-hybridized carbons (Fsp3) is 0.250. The molecule has 2 N–H and O–H groups in total. The van der Waals surface area contributed by atoms with Gasteiger partial charge in [0, 0.05) is 27.8 Å². The van der Waals surface area contributed by atoms with Crippen molar-refractivity contribution in [1.82, 2.24) is 10.3 Å². The van der Waals surface area contributed by atoms with E-state index in [9.17, 15) is 13.2 Å². The highest BCUT2D eigenvalue weighted by Gasteiger charge is 2.32. The Morgan fingerprint density at radius 2 is 1.76 bits per heavy atom. The van der Waals surface area contributed by atoms with Crippen LogP contribution in [0.1, 0.15) is 18.0 Å². The minimum Gasteiger partial charge on any atom is -0.355 e. The van der Waals surface area contributed by atoms with Crippen LogP contribution in [0.4, 0.5) is 13.2 Å². The van der Waals surface area contributed by atoms with E-state index in [0.717, 1.165) is 21.8 Å². The summed E-state index contributed by atoms with van der Waals surface area (Å²) in [5.74, 6) is 0. The average molecular weight is 292 g/mol. The lowest BCUT2D eigenvalue weighted by atomic mass is 10.0. The molecule has 1 heterocycles. The molecule has 2 aromatic carbocycles. The number of hydrogen-bond acceptors (Lipinski definition) is 1. The Morgan fingerprint density at radius 3 is 2.48 bits per heavy atom. The van der Waals surface area contributed by atoms with Crippen molar-refractivity contribution in [2.24, 2.45) is 0 Å². The summed E-state index contributed by atoms with van der Waals surface area (Å²) in [7, 11) is 1.55. The number of nitrogens with one attached hydrogen (secondary N) is 2. The van der Waals surface area contributed by atoms with E-state index in [4.69, 9.17) is 0 Å². The van der Waals surface area contributed by atoms with Gasteiger partial charge in [0.15, 0.2) is 0 Å². The average Bonchev–Trinajstić information content (AvgIpc) is 2.81. The van der Waals surface area contributed by atoms with Crippen LogP contribution < -0.4 is 5.32 Å². The molecule has 1 unspecified atom stereocenters. The number of aromatic nitrogens is 1. The first-order valence-corrected chi connectivity index (χ1v) is 6.72. The topological polar surface area (TPSA) is 27.8 Å². The molecule has 110 valence electrons. The van der Waals surface area contributed by atoms with Crippen molar-refractivity contribution >= 4 is 21.8 Å². The molecule has 3 aromatic rings. The van der Waals surface area contributed by atoms with Crippen LogP contribution in [0.5, 0.6) is 0 Å². The molecule has 0 bridgehead atoms. The molecule has 0 fully saturated rings. The third kappa shape index (κ3) is 2.74. The zero-order valence-electron chi connectivity index (χ0n) is 11.5. The fourth-order valence-corrected chi connectivity index (χ4v) is 2.70. The molecule has 1 atom stereocenters. The summed E-state index contributed by atoms with van der Waals surface area (Å²) < 4.78 is 37.9. The molecule has 0 saturated carbocycles. The third-order valence-electron chi connectivity index (χ3n) is 3.72.